The SMILES string of the molecule is CCC(C)NC(=O)C(C)=C1CNC1. The molecule has 3 nitrogen and oxygen atoms in total. The molecule has 1 atom stereocenters. The highest BCUT2D eigenvalue weighted by Gasteiger charge is 2.16. The lowest BCUT2D eigenvalue weighted by Gasteiger charge is -2.22. The molecule has 1 fully saturated rings. The molecule has 0 aromatic carbocycles. The van der Waals surface area contributed by atoms with Crippen LogP contribution in [0.25, 0.3) is 0 Å². The summed E-state index contributed by atoms with van der Waals surface area (Å²) in [5.41, 5.74) is 2.12. The molecule has 0 saturated carbocycles. The van der Waals surface area contributed by atoms with Crippen LogP contribution in [0.5, 0.6) is 0 Å². The van der Waals surface area contributed by atoms with Gasteiger partial charge in [0.1, 0.15) is 0 Å². The minimum Gasteiger partial charge on any atom is -0.350 e. The van der Waals surface area contributed by atoms with E-state index in [1.54, 1.807) is 0 Å². The molecular weight excluding hydrogens is 164 g/mol. The lowest BCUT2D eigenvalue weighted by molar-refractivity contribution is -0.118. The van der Waals surface area contributed by atoms with Gasteiger partial charge < -0.3 is 10.6 Å². The lowest BCUT2D eigenvalue weighted by Crippen LogP contribution is -2.39. The highest BCUT2D eigenvalue weighted by atomic mass is 16.1. The van der Waals surface area contributed by atoms with Crippen molar-refractivity contribution >= 4 is 5.91 Å². The van der Waals surface area contributed by atoms with Gasteiger partial charge in [0, 0.05) is 24.7 Å². The number of hydrogen-bond acceptors (Lipinski definition) is 2. The maximum atomic E-state index is 11.5. The summed E-state index contributed by atoms with van der Waals surface area (Å²) >= 11 is 0. The molecule has 3 heteroatoms. The molecular formula is C10H18N2O. The summed E-state index contributed by atoms with van der Waals surface area (Å²) in [4.78, 5) is 11.5. The number of carbonyl (C=O) groups excluding carboxylic acids is 1. The predicted molar refractivity (Wildman–Crippen MR) is 53.5 cm³/mol. The summed E-state index contributed by atoms with van der Waals surface area (Å²) in [6.45, 7) is 7.74. The molecule has 0 spiro atoms. The van der Waals surface area contributed by atoms with Crippen LogP contribution in [0.4, 0.5) is 0 Å². The standard InChI is InChI=1S/C10H18N2O/c1-4-7(2)12-10(13)8(3)9-5-11-6-9/h7,11H,4-6H2,1-3H3,(H,12,13). The average Bonchev–Trinajstić information content (AvgIpc) is 2.00. The van der Waals surface area contributed by atoms with Gasteiger partial charge >= 0.3 is 0 Å². The first-order valence-electron chi connectivity index (χ1n) is 4.85. The van der Waals surface area contributed by atoms with Crippen LogP contribution in [-0.2, 0) is 4.79 Å². The first-order valence-corrected chi connectivity index (χ1v) is 4.85. The number of hydrogen-bond donors (Lipinski definition) is 2. The van der Waals surface area contributed by atoms with E-state index in [-0.39, 0.29) is 11.9 Å². The van der Waals surface area contributed by atoms with Crippen molar-refractivity contribution in [3.05, 3.63) is 11.1 Å². The maximum Gasteiger partial charge on any atom is 0.247 e. The Bertz CT molecular complexity index is 227. The van der Waals surface area contributed by atoms with Gasteiger partial charge in [-0.25, -0.2) is 0 Å². The van der Waals surface area contributed by atoms with Gasteiger partial charge in [-0.05, 0) is 25.8 Å². The minimum absolute atomic E-state index is 0.0888. The Kier molecular flexibility index (Phi) is 3.48. The van der Waals surface area contributed by atoms with Crippen LogP contribution in [-0.4, -0.2) is 25.0 Å². The Balaban J connectivity index is 2.47. The van der Waals surface area contributed by atoms with E-state index in [0.717, 1.165) is 25.1 Å². The first-order chi connectivity index (χ1) is 6.15. The van der Waals surface area contributed by atoms with Gasteiger partial charge in [0.15, 0.2) is 0 Å². The van der Waals surface area contributed by atoms with Crippen LogP contribution in [0.3, 0.4) is 0 Å². The van der Waals surface area contributed by atoms with E-state index in [9.17, 15) is 4.79 Å². The van der Waals surface area contributed by atoms with Crippen molar-refractivity contribution in [2.75, 3.05) is 13.1 Å². The molecule has 1 heterocycles. The van der Waals surface area contributed by atoms with Crippen molar-refractivity contribution in [3.63, 3.8) is 0 Å². The molecule has 0 radical (unpaired) electrons. The largest absolute Gasteiger partial charge is 0.350 e. The van der Waals surface area contributed by atoms with Gasteiger partial charge in [0.05, 0.1) is 0 Å². The molecule has 2 N–H and O–H groups in total. The maximum absolute atomic E-state index is 11.5. The molecule has 13 heavy (non-hydrogen) atoms. The summed E-state index contributed by atoms with van der Waals surface area (Å²) in [5, 5.41) is 6.08. The molecule has 0 aromatic heterocycles. The van der Waals surface area contributed by atoms with Crippen LogP contribution in [0.1, 0.15) is 27.2 Å². The van der Waals surface area contributed by atoms with Crippen molar-refractivity contribution in [2.24, 2.45) is 0 Å². The van der Waals surface area contributed by atoms with E-state index >= 15 is 0 Å². The first kappa shape index (κ1) is 10.3. The van der Waals surface area contributed by atoms with E-state index in [2.05, 4.69) is 17.6 Å². The summed E-state index contributed by atoms with van der Waals surface area (Å²) in [6, 6.07) is 0.274. The third-order valence-electron chi connectivity index (χ3n) is 2.54. The van der Waals surface area contributed by atoms with E-state index in [0.29, 0.717) is 0 Å². The van der Waals surface area contributed by atoms with Gasteiger partial charge in [-0.3, -0.25) is 4.79 Å². The second kappa shape index (κ2) is 4.42. The van der Waals surface area contributed by atoms with E-state index in [1.807, 2.05) is 13.8 Å². The molecule has 0 aliphatic carbocycles. The number of nitrogens with one attached hydrogen (secondary N) is 2. The topological polar surface area (TPSA) is 41.1 Å². The van der Waals surface area contributed by atoms with Crippen LogP contribution in [0.2, 0.25) is 0 Å². The molecule has 1 aliphatic heterocycles. The van der Waals surface area contributed by atoms with Crippen LogP contribution >= 0.6 is 0 Å². The van der Waals surface area contributed by atoms with E-state index in [1.165, 1.54) is 5.57 Å². The summed E-state index contributed by atoms with van der Waals surface area (Å²) in [5.74, 6) is 0.0888. The molecule has 0 bridgehead atoms. The number of amides is 1. The van der Waals surface area contributed by atoms with E-state index < -0.39 is 0 Å². The van der Waals surface area contributed by atoms with Crippen molar-refractivity contribution in [2.45, 2.75) is 33.2 Å². The normalized spacial score (nSPS) is 17.6. The molecule has 1 aliphatic rings. The van der Waals surface area contributed by atoms with Gasteiger partial charge in [-0.2, -0.15) is 0 Å². The third-order valence-corrected chi connectivity index (χ3v) is 2.54. The smallest absolute Gasteiger partial charge is 0.247 e. The van der Waals surface area contributed by atoms with Crippen molar-refractivity contribution < 1.29 is 4.79 Å². The fourth-order valence-electron chi connectivity index (χ4n) is 1.11. The zero-order chi connectivity index (χ0) is 9.84. The van der Waals surface area contributed by atoms with Crippen LogP contribution in [0, 0.1) is 0 Å². The minimum atomic E-state index is 0.0888. The lowest BCUT2D eigenvalue weighted by atomic mass is 10.0. The van der Waals surface area contributed by atoms with Crippen molar-refractivity contribution in [1.29, 1.82) is 0 Å². The second-order valence-electron chi connectivity index (χ2n) is 3.61. The van der Waals surface area contributed by atoms with Gasteiger partial charge in [-0.1, -0.05) is 6.92 Å². The zero-order valence-corrected chi connectivity index (χ0v) is 8.61. The summed E-state index contributed by atoms with van der Waals surface area (Å²) in [7, 11) is 0. The Hall–Kier alpha value is -0.830. The van der Waals surface area contributed by atoms with Crippen molar-refractivity contribution in [1.82, 2.24) is 10.6 Å². The van der Waals surface area contributed by atoms with Crippen LogP contribution in [0.15, 0.2) is 11.1 Å². The predicted octanol–water partition coefficient (Wildman–Crippen LogP) is 0.821. The quantitative estimate of drug-likeness (QED) is 0.634. The highest BCUT2D eigenvalue weighted by molar-refractivity contribution is 5.94. The summed E-state index contributed by atoms with van der Waals surface area (Å²) in [6.07, 6.45) is 0.979. The Labute approximate surface area is 79.6 Å². The molecule has 1 amide bonds. The van der Waals surface area contributed by atoms with Gasteiger partial charge in [0.25, 0.3) is 0 Å². The van der Waals surface area contributed by atoms with Crippen LogP contribution < -0.4 is 10.6 Å². The fraction of sp³-hybridized carbons (Fsp3) is 0.700. The van der Waals surface area contributed by atoms with Crippen molar-refractivity contribution in [3.8, 4) is 0 Å². The third kappa shape index (κ3) is 2.56. The number of rotatable bonds is 3. The van der Waals surface area contributed by atoms with Gasteiger partial charge in [0.2, 0.25) is 5.91 Å². The Morgan fingerprint density at radius 1 is 1.62 bits per heavy atom. The van der Waals surface area contributed by atoms with Gasteiger partial charge in [-0.15, -0.1) is 0 Å². The molecule has 74 valence electrons. The Morgan fingerprint density at radius 2 is 2.23 bits per heavy atom. The fourth-order valence-corrected chi connectivity index (χ4v) is 1.11. The average molecular weight is 182 g/mol. The highest BCUT2D eigenvalue weighted by Crippen LogP contribution is 2.08. The summed E-state index contributed by atoms with van der Waals surface area (Å²) < 4.78 is 0. The number of carbonyl (C=O) groups is 1. The monoisotopic (exact) mass is 182 g/mol. The molecule has 1 rings (SSSR count). The molecule has 1 unspecified atom stereocenters. The Morgan fingerprint density at radius 3 is 2.62 bits per heavy atom. The molecule has 0 aromatic rings. The van der Waals surface area contributed by atoms with E-state index in [4.69, 9.17) is 0 Å². The molecule has 1 saturated heterocycles. The second-order valence-corrected chi connectivity index (χ2v) is 3.61. The zero-order valence-electron chi connectivity index (χ0n) is 8.61.